The van der Waals surface area contributed by atoms with Crippen LogP contribution in [0.25, 0.3) is 16.8 Å². The van der Waals surface area contributed by atoms with Gasteiger partial charge in [0, 0.05) is 7.11 Å². The van der Waals surface area contributed by atoms with E-state index in [1.54, 1.807) is 21.3 Å². The van der Waals surface area contributed by atoms with Crippen LogP contribution in [-0.4, -0.2) is 30.9 Å². The Morgan fingerprint density at radius 2 is 1.76 bits per heavy atom. The normalized spacial score (nSPS) is 11.0. The molecule has 2 aromatic heterocycles. The van der Waals surface area contributed by atoms with Gasteiger partial charge in [-0.25, -0.2) is 4.52 Å². The summed E-state index contributed by atoms with van der Waals surface area (Å²) in [5.41, 5.74) is 11.4. The van der Waals surface area contributed by atoms with Crippen LogP contribution in [0, 0.1) is 0 Å². The highest BCUT2D eigenvalue weighted by atomic mass is 16.5. The lowest BCUT2D eigenvalue weighted by atomic mass is 10.0. The predicted molar refractivity (Wildman–Crippen MR) is 98.2 cm³/mol. The lowest BCUT2D eigenvalue weighted by Gasteiger charge is -2.16. The lowest BCUT2D eigenvalue weighted by molar-refractivity contribution is 0.184. The standard InChI is InChI=1S/C19H23N3O3/c1-5-13-19(20)15-8-6-7-14(22(15)21-13)18-16(24-3)9-12(11-23-2)10-17(18)25-4/h6-10H,5,11,20H2,1-4H3. The van der Waals surface area contributed by atoms with E-state index in [9.17, 15) is 0 Å². The van der Waals surface area contributed by atoms with Crippen molar-refractivity contribution in [1.82, 2.24) is 9.61 Å². The molecular weight excluding hydrogens is 318 g/mol. The maximum Gasteiger partial charge on any atom is 0.132 e. The second-order valence-electron chi connectivity index (χ2n) is 5.73. The van der Waals surface area contributed by atoms with Crippen molar-refractivity contribution in [3.63, 3.8) is 0 Å². The molecule has 0 atom stereocenters. The molecule has 3 rings (SSSR count). The molecule has 0 saturated carbocycles. The zero-order valence-corrected chi connectivity index (χ0v) is 15.0. The van der Waals surface area contributed by atoms with Gasteiger partial charge in [0.2, 0.25) is 0 Å². The third-order valence-electron chi connectivity index (χ3n) is 4.24. The third kappa shape index (κ3) is 2.89. The van der Waals surface area contributed by atoms with Crippen LogP contribution in [-0.2, 0) is 17.8 Å². The highest BCUT2D eigenvalue weighted by Crippen LogP contribution is 2.40. The van der Waals surface area contributed by atoms with E-state index in [0.29, 0.717) is 23.8 Å². The number of ether oxygens (including phenoxy) is 3. The van der Waals surface area contributed by atoms with Crippen molar-refractivity contribution in [2.24, 2.45) is 0 Å². The summed E-state index contributed by atoms with van der Waals surface area (Å²) in [5, 5.41) is 4.67. The lowest BCUT2D eigenvalue weighted by Crippen LogP contribution is -2.01. The predicted octanol–water partition coefficient (Wildman–Crippen LogP) is 3.31. The minimum Gasteiger partial charge on any atom is -0.496 e. The number of aryl methyl sites for hydroxylation is 1. The molecule has 3 aromatic rings. The SMILES string of the molecule is CCc1nn2c(-c3c(OC)cc(COC)cc3OC)cccc2c1N. The van der Waals surface area contributed by atoms with Crippen LogP contribution in [0.2, 0.25) is 0 Å². The molecule has 2 heterocycles. The number of hydrogen-bond donors (Lipinski definition) is 1. The number of hydrogen-bond acceptors (Lipinski definition) is 5. The summed E-state index contributed by atoms with van der Waals surface area (Å²) < 4.78 is 18.4. The Kier molecular flexibility index (Phi) is 4.81. The van der Waals surface area contributed by atoms with Crippen LogP contribution in [0.3, 0.4) is 0 Å². The molecule has 0 bridgehead atoms. The molecule has 25 heavy (non-hydrogen) atoms. The van der Waals surface area contributed by atoms with Gasteiger partial charge in [0.05, 0.1) is 49.0 Å². The summed E-state index contributed by atoms with van der Waals surface area (Å²) in [6.45, 7) is 2.52. The average molecular weight is 341 g/mol. The Morgan fingerprint density at radius 3 is 2.32 bits per heavy atom. The molecule has 0 radical (unpaired) electrons. The molecule has 132 valence electrons. The first-order valence-corrected chi connectivity index (χ1v) is 8.14. The van der Waals surface area contributed by atoms with Gasteiger partial charge >= 0.3 is 0 Å². The number of pyridine rings is 1. The first kappa shape index (κ1) is 17.1. The molecule has 0 aliphatic carbocycles. The fourth-order valence-electron chi connectivity index (χ4n) is 3.05. The van der Waals surface area contributed by atoms with Gasteiger partial charge in [0.15, 0.2) is 0 Å². The summed E-state index contributed by atoms with van der Waals surface area (Å²) in [7, 11) is 4.94. The zero-order chi connectivity index (χ0) is 18.0. The number of benzene rings is 1. The number of nitrogens with zero attached hydrogens (tertiary/aromatic N) is 2. The monoisotopic (exact) mass is 341 g/mol. The Balaban J connectivity index is 2.30. The minimum absolute atomic E-state index is 0.478. The van der Waals surface area contributed by atoms with Crippen molar-refractivity contribution in [2.45, 2.75) is 20.0 Å². The molecule has 0 aliphatic rings. The second-order valence-corrected chi connectivity index (χ2v) is 5.73. The largest absolute Gasteiger partial charge is 0.496 e. The van der Waals surface area contributed by atoms with Gasteiger partial charge in [-0.15, -0.1) is 0 Å². The molecular formula is C19H23N3O3. The maximum absolute atomic E-state index is 6.24. The Bertz CT molecular complexity index is 877. The summed E-state index contributed by atoms with van der Waals surface area (Å²) in [6, 6.07) is 9.81. The molecule has 0 saturated heterocycles. The van der Waals surface area contributed by atoms with Crippen LogP contribution in [0.5, 0.6) is 11.5 Å². The molecule has 0 spiro atoms. The second kappa shape index (κ2) is 7.03. The minimum atomic E-state index is 0.478. The molecule has 0 unspecified atom stereocenters. The van der Waals surface area contributed by atoms with E-state index in [4.69, 9.17) is 19.9 Å². The Hall–Kier alpha value is -2.73. The first-order chi connectivity index (χ1) is 12.1. The Labute approximate surface area is 147 Å². The highest BCUT2D eigenvalue weighted by Gasteiger charge is 2.19. The topological polar surface area (TPSA) is 71.0 Å². The van der Waals surface area contributed by atoms with E-state index in [0.717, 1.165) is 34.5 Å². The summed E-state index contributed by atoms with van der Waals surface area (Å²) in [4.78, 5) is 0. The number of rotatable bonds is 6. The van der Waals surface area contributed by atoms with Crippen LogP contribution >= 0.6 is 0 Å². The van der Waals surface area contributed by atoms with Gasteiger partial charge < -0.3 is 19.9 Å². The number of nitrogen functional groups attached to an aromatic ring is 1. The summed E-state index contributed by atoms with van der Waals surface area (Å²) >= 11 is 0. The number of aromatic nitrogens is 2. The number of anilines is 1. The van der Waals surface area contributed by atoms with E-state index in [-0.39, 0.29) is 0 Å². The van der Waals surface area contributed by atoms with E-state index < -0.39 is 0 Å². The molecule has 6 heteroatoms. The van der Waals surface area contributed by atoms with Crippen LogP contribution in [0.15, 0.2) is 30.3 Å². The van der Waals surface area contributed by atoms with Gasteiger partial charge in [0.25, 0.3) is 0 Å². The fourth-order valence-corrected chi connectivity index (χ4v) is 3.05. The molecule has 2 N–H and O–H groups in total. The fraction of sp³-hybridized carbons (Fsp3) is 0.316. The summed E-state index contributed by atoms with van der Waals surface area (Å²) in [6.07, 6.45) is 0.772. The molecule has 0 aliphatic heterocycles. The molecule has 0 amide bonds. The van der Waals surface area contributed by atoms with Crippen molar-refractivity contribution in [1.29, 1.82) is 0 Å². The average Bonchev–Trinajstić information content (AvgIpc) is 2.97. The molecule has 1 aromatic carbocycles. The highest BCUT2D eigenvalue weighted by molar-refractivity contribution is 5.81. The molecule has 6 nitrogen and oxygen atoms in total. The number of methoxy groups -OCH3 is 3. The van der Waals surface area contributed by atoms with E-state index in [2.05, 4.69) is 5.10 Å². The van der Waals surface area contributed by atoms with Gasteiger partial charge in [0.1, 0.15) is 11.5 Å². The van der Waals surface area contributed by atoms with E-state index in [1.165, 1.54) is 0 Å². The quantitative estimate of drug-likeness (QED) is 0.745. The van der Waals surface area contributed by atoms with Gasteiger partial charge in [-0.05, 0) is 36.2 Å². The van der Waals surface area contributed by atoms with Crippen LogP contribution in [0.4, 0.5) is 5.69 Å². The van der Waals surface area contributed by atoms with Gasteiger partial charge in [-0.3, -0.25) is 0 Å². The van der Waals surface area contributed by atoms with Crippen molar-refractivity contribution in [3.8, 4) is 22.8 Å². The smallest absolute Gasteiger partial charge is 0.132 e. The zero-order valence-electron chi connectivity index (χ0n) is 15.0. The third-order valence-corrected chi connectivity index (χ3v) is 4.24. The van der Waals surface area contributed by atoms with Crippen molar-refractivity contribution >= 4 is 11.2 Å². The Morgan fingerprint density at radius 1 is 1.08 bits per heavy atom. The van der Waals surface area contributed by atoms with E-state index in [1.807, 2.05) is 41.8 Å². The van der Waals surface area contributed by atoms with Crippen LogP contribution < -0.4 is 15.2 Å². The number of fused-ring (bicyclic) bond motifs is 1. The van der Waals surface area contributed by atoms with Gasteiger partial charge in [-0.2, -0.15) is 5.10 Å². The maximum atomic E-state index is 6.24. The van der Waals surface area contributed by atoms with Crippen LogP contribution in [0.1, 0.15) is 18.2 Å². The van der Waals surface area contributed by atoms with Crippen molar-refractivity contribution in [2.75, 3.05) is 27.1 Å². The van der Waals surface area contributed by atoms with Crippen molar-refractivity contribution < 1.29 is 14.2 Å². The number of nitrogens with two attached hydrogens (primary N) is 1. The van der Waals surface area contributed by atoms with Crippen molar-refractivity contribution in [3.05, 3.63) is 41.6 Å². The first-order valence-electron chi connectivity index (χ1n) is 8.14. The molecule has 0 fully saturated rings. The summed E-state index contributed by atoms with van der Waals surface area (Å²) in [5.74, 6) is 1.40. The van der Waals surface area contributed by atoms with Gasteiger partial charge in [-0.1, -0.05) is 13.0 Å². The van der Waals surface area contributed by atoms with E-state index >= 15 is 0 Å².